The monoisotopic (exact) mass is 287 g/mol. The quantitative estimate of drug-likeness (QED) is 0.648. The first-order valence-electron chi connectivity index (χ1n) is 6.60. The van der Waals surface area contributed by atoms with Crippen molar-refractivity contribution in [3.8, 4) is 0 Å². The average molecular weight is 287 g/mol. The van der Waals surface area contributed by atoms with E-state index in [4.69, 9.17) is 0 Å². The van der Waals surface area contributed by atoms with Gasteiger partial charge in [-0.2, -0.15) is 0 Å². The first-order valence-corrected chi connectivity index (χ1v) is 6.60. The molecule has 0 radical (unpaired) electrons. The van der Waals surface area contributed by atoms with Crippen molar-refractivity contribution in [1.82, 2.24) is 9.97 Å². The van der Waals surface area contributed by atoms with E-state index in [1.54, 1.807) is 0 Å². The van der Waals surface area contributed by atoms with Crippen molar-refractivity contribution in [3.05, 3.63) is 45.8 Å². The van der Waals surface area contributed by atoms with Crippen molar-refractivity contribution >= 4 is 23.0 Å². The lowest BCUT2D eigenvalue weighted by atomic mass is 10.1. The molecule has 0 amide bonds. The van der Waals surface area contributed by atoms with Crippen LogP contribution in [0.1, 0.15) is 18.1 Å². The van der Waals surface area contributed by atoms with Crippen molar-refractivity contribution in [2.24, 2.45) is 0 Å². The minimum Gasteiger partial charge on any atom is -0.364 e. The van der Waals surface area contributed by atoms with Gasteiger partial charge in [-0.05, 0) is 32.4 Å². The smallest absolute Gasteiger partial charge is 0.353 e. The molecule has 1 heterocycles. The maximum atomic E-state index is 11.3. The summed E-state index contributed by atoms with van der Waals surface area (Å²) in [6.07, 6.45) is 1.30. The predicted molar refractivity (Wildman–Crippen MR) is 82.0 cm³/mol. The highest BCUT2D eigenvalue weighted by atomic mass is 16.6. The highest BCUT2D eigenvalue weighted by Gasteiger charge is 2.22. The van der Waals surface area contributed by atoms with E-state index < -0.39 is 4.92 Å². The molecule has 110 valence electrons. The van der Waals surface area contributed by atoms with Gasteiger partial charge in [-0.3, -0.25) is 10.1 Å². The Bertz CT molecular complexity index is 672. The van der Waals surface area contributed by atoms with Crippen LogP contribution < -0.4 is 10.6 Å². The van der Waals surface area contributed by atoms with Crippen molar-refractivity contribution in [1.29, 1.82) is 0 Å². The van der Waals surface area contributed by atoms with E-state index in [1.165, 1.54) is 6.33 Å². The summed E-state index contributed by atoms with van der Waals surface area (Å²) >= 11 is 0. The molecule has 2 aromatic rings. The number of hydrogen-bond acceptors (Lipinski definition) is 6. The van der Waals surface area contributed by atoms with E-state index in [0.717, 1.165) is 16.8 Å². The predicted octanol–water partition coefficient (Wildman–Crippen LogP) is 3.18. The van der Waals surface area contributed by atoms with Gasteiger partial charge in [0.1, 0.15) is 6.33 Å². The molecule has 2 rings (SSSR count). The molecule has 0 saturated heterocycles. The summed E-state index contributed by atoms with van der Waals surface area (Å²) in [5, 5.41) is 17.2. The van der Waals surface area contributed by atoms with Gasteiger partial charge in [-0.1, -0.05) is 17.7 Å². The molecule has 1 aromatic carbocycles. The number of hydrogen-bond donors (Lipinski definition) is 2. The van der Waals surface area contributed by atoms with Crippen LogP contribution in [0.4, 0.5) is 23.0 Å². The lowest BCUT2D eigenvalue weighted by Gasteiger charge is -2.11. The summed E-state index contributed by atoms with van der Waals surface area (Å²) < 4.78 is 0. The molecule has 0 fully saturated rings. The second-order valence-electron chi connectivity index (χ2n) is 4.65. The second kappa shape index (κ2) is 6.17. The third-order valence-corrected chi connectivity index (χ3v) is 2.98. The van der Waals surface area contributed by atoms with E-state index in [1.807, 2.05) is 39.0 Å². The summed E-state index contributed by atoms with van der Waals surface area (Å²) in [4.78, 5) is 18.7. The molecule has 1 aromatic heterocycles. The molecule has 0 saturated carbocycles. The van der Waals surface area contributed by atoms with E-state index in [0.29, 0.717) is 6.54 Å². The van der Waals surface area contributed by atoms with Gasteiger partial charge in [0, 0.05) is 12.2 Å². The summed E-state index contributed by atoms with van der Waals surface area (Å²) in [5.41, 5.74) is 2.75. The Morgan fingerprint density at radius 1 is 1.24 bits per heavy atom. The zero-order valence-corrected chi connectivity index (χ0v) is 12.2. The molecular formula is C14H17N5O2. The fourth-order valence-electron chi connectivity index (χ4n) is 2.02. The summed E-state index contributed by atoms with van der Waals surface area (Å²) in [5.74, 6) is 0.391. The van der Waals surface area contributed by atoms with Crippen LogP contribution in [0.15, 0.2) is 24.5 Å². The maximum absolute atomic E-state index is 11.3. The first-order chi connectivity index (χ1) is 10.0. The molecule has 0 bridgehead atoms. The van der Waals surface area contributed by atoms with Crippen LogP contribution in [-0.2, 0) is 0 Å². The molecule has 21 heavy (non-hydrogen) atoms. The number of aromatic nitrogens is 2. The van der Waals surface area contributed by atoms with E-state index in [9.17, 15) is 10.1 Å². The summed E-state index contributed by atoms with van der Waals surface area (Å²) in [6.45, 7) is 6.32. The van der Waals surface area contributed by atoms with Crippen molar-refractivity contribution in [2.75, 3.05) is 17.2 Å². The number of aryl methyl sites for hydroxylation is 2. The Morgan fingerprint density at radius 2 is 1.95 bits per heavy atom. The van der Waals surface area contributed by atoms with Gasteiger partial charge in [-0.15, -0.1) is 0 Å². The zero-order chi connectivity index (χ0) is 15.4. The molecule has 0 aliphatic rings. The minimum absolute atomic E-state index is 0.153. The zero-order valence-electron chi connectivity index (χ0n) is 12.2. The average Bonchev–Trinajstić information content (AvgIpc) is 2.42. The normalized spacial score (nSPS) is 10.2. The molecule has 0 spiro atoms. The molecule has 7 nitrogen and oxygen atoms in total. The maximum Gasteiger partial charge on any atom is 0.353 e. The van der Waals surface area contributed by atoms with E-state index in [2.05, 4.69) is 20.6 Å². The van der Waals surface area contributed by atoms with Gasteiger partial charge in [0.2, 0.25) is 11.6 Å². The SMILES string of the molecule is CCNc1ncnc(Nc2ccc(C)cc2C)c1[N+](=O)[O-]. The van der Waals surface area contributed by atoms with E-state index in [-0.39, 0.29) is 17.3 Å². The number of benzene rings is 1. The topological polar surface area (TPSA) is 93.0 Å². The Balaban J connectivity index is 2.43. The number of nitro groups is 1. The fraction of sp³-hybridized carbons (Fsp3) is 0.286. The number of rotatable bonds is 5. The van der Waals surface area contributed by atoms with Crippen LogP contribution in [0.3, 0.4) is 0 Å². The van der Waals surface area contributed by atoms with Crippen molar-refractivity contribution in [2.45, 2.75) is 20.8 Å². The Hall–Kier alpha value is -2.70. The van der Waals surface area contributed by atoms with Gasteiger partial charge < -0.3 is 10.6 Å². The minimum atomic E-state index is -0.482. The van der Waals surface area contributed by atoms with E-state index >= 15 is 0 Å². The van der Waals surface area contributed by atoms with Crippen LogP contribution >= 0.6 is 0 Å². The van der Waals surface area contributed by atoms with Gasteiger partial charge in [0.25, 0.3) is 0 Å². The lowest BCUT2D eigenvalue weighted by molar-refractivity contribution is -0.383. The van der Waals surface area contributed by atoms with Gasteiger partial charge in [0.05, 0.1) is 4.92 Å². The van der Waals surface area contributed by atoms with Crippen LogP contribution in [0.5, 0.6) is 0 Å². The van der Waals surface area contributed by atoms with Gasteiger partial charge in [0.15, 0.2) is 0 Å². The number of nitrogens with zero attached hydrogens (tertiary/aromatic N) is 3. The number of anilines is 3. The summed E-state index contributed by atoms with van der Waals surface area (Å²) in [6, 6.07) is 5.82. The summed E-state index contributed by atoms with van der Waals surface area (Å²) in [7, 11) is 0. The van der Waals surface area contributed by atoms with Crippen molar-refractivity contribution in [3.63, 3.8) is 0 Å². The molecule has 7 heteroatoms. The Labute approximate surface area is 122 Å². The third kappa shape index (κ3) is 3.25. The van der Waals surface area contributed by atoms with Gasteiger partial charge >= 0.3 is 5.69 Å². The molecule has 0 unspecified atom stereocenters. The fourth-order valence-corrected chi connectivity index (χ4v) is 2.02. The highest BCUT2D eigenvalue weighted by Crippen LogP contribution is 2.31. The van der Waals surface area contributed by atoms with Crippen LogP contribution in [0.25, 0.3) is 0 Å². The van der Waals surface area contributed by atoms with Crippen LogP contribution in [0.2, 0.25) is 0 Å². The highest BCUT2D eigenvalue weighted by molar-refractivity contribution is 5.74. The van der Waals surface area contributed by atoms with Gasteiger partial charge in [-0.25, -0.2) is 9.97 Å². The first kappa shape index (κ1) is 14.7. The largest absolute Gasteiger partial charge is 0.364 e. The molecule has 0 aliphatic carbocycles. The van der Waals surface area contributed by atoms with Crippen LogP contribution in [0, 0.1) is 24.0 Å². The Morgan fingerprint density at radius 3 is 2.57 bits per heavy atom. The standard InChI is InChI=1S/C14H17N5O2/c1-4-15-13-12(19(20)21)14(17-8-16-13)18-11-6-5-9(2)7-10(11)3/h5-8H,4H2,1-3H3,(H2,15,16,17,18). The Kier molecular flexibility index (Phi) is 4.32. The van der Waals surface area contributed by atoms with Crippen LogP contribution in [-0.4, -0.2) is 21.4 Å². The molecule has 0 atom stereocenters. The van der Waals surface area contributed by atoms with Crippen molar-refractivity contribution < 1.29 is 4.92 Å². The molecular weight excluding hydrogens is 270 g/mol. The third-order valence-electron chi connectivity index (χ3n) is 2.98. The molecule has 2 N–H and O–H groups in total. The molecule has 0 aliphatic heterocycles. The lowest BCUT2D eigenvalue weighted by Crippen LogP contribution is -2.08. The number of nitrogens with one attached hydrogen (secondary N) is 2. The second-order valence-corrected chi connectivity index (χ2v) is 4.65.